The average Bonchev–Trinajstić information content (AvgIpc) is 3.21. The van der Waals surface area contributed by atoms with Crippen LogP contribution in [0, 0.1) is 0 Å². The Labute approximate surface area is 368 Å². The number of esters is 2. The van der Waals surface area contributed by atoms with Crippen molar-refractivity contribution in [3.8, 4) is 0 Å². The SMILES string of the molecule is CC/C=C/C/C=C/C/C=C/C/C=C/C/C=C/C/C=C/CCCCC(=O)OC(COCCC(C(=O)O)[N+](C)(C)C)COC(=O)CCCCCCCCCCCCCCCCC. The number of likely N-dealkylation sites (N-methyl/N-ethyl adjacent to an activating group) is 1. The number of unbranched alkanes of at least 4 members (excludes halogenated alkanes) is 16. The van der Waals surface area contributed by atoms with Crippen LogP contribution in [0.4, 0.5) is 0 Å². The number of hydrogen-bond acceptors (Lipinski definition) is 6. The summed E-state index contributed by atoms with van der Waals surface area (Å²) < 4.78 is 17.3. The molecular formula is C52H90NO7+. The number of carboxylic acid groups (broad SMARTS) is 1. The van der Waals surface area contributed by atoms with E-state index in [2.05, 4.69) is 86.8 Å². The molecule has 8 heteroatoms. The molecule has 0 saturated heterocycles. The molecule has 2 atom stereocenters. The number of quaternary nitrogens is 1. The number of aliphatic carboxylic acids is 1. The Kier molecular flexibility index (Phi) is 40.2. The van der Waals surface area contributed by atoms with E-state index in [9.17, 15) is 19.5 Å². The highest BCUT2D eigenvalue weighted by Gasteiger charge is 2.31. The van der Waals surface area contributed by atoms with Crippen molar-refractivity contribution in [3.05, 3.63) is 72.9 Å². The molecule has 0 rings (SSSR count). The molecule has 0 aliphatic carbocycles. The Morgan fingerprint density at radius 2 is 0.933 bits per heavy atom. The minimum atomic E-state index is -0.883. The molecule has 0 aliphatic rings. The highest BCUT2D eigenvalue weighted by Crippen LogP contribution is 2.15. The van der Waals surface area contributed by atoms with Crippen molar-refractivity contribution in [2.75, 3.05) is 41.0 Å². The quantitative estimate of drug-likeness (QED) is 0.0283. The standard InChI is InChI=1S/C52H89NO7/c1-6-8-10-12-14-16-18-20-22-23-24-25-26-27-29-31-33-35-37-39-41-43-51(55)60-48(46-58-45-44-49(52(56)57)53(3,4)5)47-59-50(54)42-40-38-36-34-32-30-28-21-19-17-15-13-11-9-7-2/h8,10,14,16,20,22,24-25,27,29,33,35,48-49H,6-7,9,11-13,15,17-19,21,23,26,28,30-32,34,36-47H2,1-5H3/p+1/b10-8+,16-14+,22-20+,25-24+,29-27+,35-33+. The molecule has 0 bridgehead atoms. The largest absolute Gasteiger partial charge is 0.477 e. The first kappa shape index (κ1) is 56.8. The average molecular weight is 841 g/mol. The first-order valence-corrected chi connectivity index (χ1v) is 24.0. The number of carbonyl (C=O) groups is 3. The highest BCUT2D eigenvalue weighted by atomic mass is 16.6. The van der Waals surface area contributed by atoms with Crippen molar-refractivity contribution in [1.82, 2.24) is 0 Å². The zero-order valence-corrected chi connectivity index (χ0v) is 39.1. The molecule has 0 heterocycles. The van der Waals surface area contributed by atoms with Gasteiger partial charge in [0.1, 0.15) is 6.61 Å². The summed E-state index contributed by atoms with van der Waals surface area (Å²) in [6.07, 6.45) is 53.8. The van der Waals surface area contributed by atoms with Gasteiger partial charge in [0.2, 0.25) is 0 Å². The molecule has 0 saturated carbocycles. The minimum absolute atomic E-state index is 0.0417. The summed E-state index contributed by atoms with van der Waals surface area (Å²) >= 11 is 0. The molecule has 0 spiro atoms. The van der Waals surface area contributed by atoms with Crippen molar-refractivity contribution in [2.45, 2.75) is 199 Å². The second kappa shape index (κ2) is 42.5. The maximum Gasteiger partial charge on any atom is 0.362 e. The maximum absolute atomic E-state index is 12.8. The Morgan fingerprint density at radius 1 is 0.517 bits per heavy atom. The van der Waals surface area contributed by atoms with Gasteiger partial charge in [0.15, 0.2) is 12.1 Å². The fourth-order valence-corrected chi connectivity index (χ4v) is 6.68. The van der Waals surface area contributed by atoms with E-state index in [0.29, 0.717) is 19.3 Å². The molecule has 0 aromatic rings. The van der Waals surface area contributed by atoms with Gasteiger partial charge in [-0.2, -0.15) is 0 Å². The predicted octanol–water partition coefficient (Wildman–Crippen LogP) is 13.5. The predicted molar refractivity (Wildman–Crippen MR) is 252 cm³/mol. The van der Waals surface area contributed by atoms with Crippen molar-refractivity contribution < 1.29 is 38.2 Å². The molecule has 1 N–H and O–H groups in total. The van der Waals surface area contributed by atoms with Crippen molar-refractivity contribution in [1.29, 1.82) is 0 Å². The second-order valence-electron chi connectivity index (χ2n) is 17.0. The smallest absolute Gasteiger partial charge is 0.362 e. The molecule has 0 aromatic heterocycles. The van der Waals surface area contributed by atoms with E-state index in [1.165, 1.54) is 77.0 Å². The summed E-state index contributed by atoms with van der Waals surface area (Å²) in [5, 5.41) is 9.64. The van der Waals surface area contributed by atoms with Crippen LogP contribution in [0.25, 0.3) is 0 Å². The lowest BCUT2D eigenvalue weighted by Gasteiger charge is -2.31. The fraction of sp³-hybridized carbons (Fsp3) is 0.712. The number of carboxylic acids is 1. The third-order valence-electron chi connectivity index (χ3n) is 10.4. The summed E-state index contributed by atoms with van der Waals surface area (Å²) in [4.78, 5) is 37.1. The lowest BCUT2D eigenvalue weighted by atomic mass is 10.0. The topological polar surface area (TPSA) is 99.1 Å². The Bertz CT molecular complexity index is 1210. The zero-order valence-electron chi connectivity index (χ0n) is 39.1. The van der Waals surface area contributed by atoms with Gasteiger partial charge in [-0.05, 0) is 64.2 Å². The van der Waals surface area contributed by atoms with Gasteiger partial charge in [-0.25, -0.2) is 4.79 Å². The van der Waals surface area contributed by atoms with Gasteiger partial charge in [0.05, 0.1) is 34.4 Å². The Balaban J connectivity index is 4.39. The van der Waals surface area contributed by atoms with Crippen LogP contribution in [-0.2, 0) is 28.6 Å². The maximum atomic E-state index is 12.8. The summed E-state index contributed by atoms with van der Waals surface area (Å²) in [6, 6.07) is -0.625. The van der Waals surface area contributed by atoms with Crippen LogP contribution in [-0.4, -0.2) is 80.6 Å². The third kappa shape index (κ3) is 40.2. The van der Waals surface area contributed by atoms with E-state index in [4.69, 9.17) is 14.2 Å². The van der Waals surface area contributed by atoms with Crippen LogP contribution < -0.4 is 0 Å². The highest BCUT2D eigenvalue weighted by molar-refractivity contribution is 5.72. The van der Waals surface area contributed by atoms with Gasteiger partial charge >= 0.3 is 17.9 Å². The lowest BCUT2D eigenvalue weighted by molar-refractivity contribution is -0.887. The van der Waals surface area contributed by atoms with Crippen LogP contribution in [0.15, 0.2) is 72.9 Å². The molecule has 0 aliphatic heterocycles. The molecule has 344 valence electrons. The molecule has 60 heavy (non-hydrogen) atoms. The number of carbonyl (C=O) groups excluding carboxylic acids is 2. The Morgan fingerprint density at radius 3 is 1.38 bits per heavy atom. The van der Waals surface area contributed by atoms with Gasteiger partial charge in [0, 0.05) is 19.3 Å². The van der Waals surface area contributed by atoms with Gasteiger partial charge in [-0.15, -0.1) is 0 Å². The summed E-state index contributed by atoms with van der Waals surface area (Å²) in [6.45, 7) is 4.58. The number of ether oxygens (including phenoxy) is 3. The first-order chi connectivity index (χ1) is 29.1. The van der Waals surface area contributed by atoms with Gasteiger partial charge < -0.3 is 23.8 Å². The van der Waals surface area contributed by atoms with Crippen LogP contribution in [0.2, 0.25) is 0 Å². The molecular weight excluding hydrogens is 751 g/mol. The summed E-state index contributed by atoms with van der Waals surface area (Å²) in [7, 11) is 5.51. The van der Waals surface area contributed by atoms with E-state index in [0.717, 1.165) is 70.6 Å². The van der Waals surface area contributed by atoms with Gasteiger partial charge in [-0.3, -0.25) is 9.59 Å². The third-order valence-corrected chi connectivity index (χ3v) is 10.4. The first-order valence-electron chi connectivity index (χ1n) is 24.0. The van der Waals surface area contributed by atoms with Crippen molar-refractivity contribution in [2.24, 2.45) is 0 Å². The van der Waals surface area contributed by atoms with Crippen LogP contribution in [0.3, 0.4) is 0 Å². The second-order valence-corrected chi connectivity index (χ2v) is 17.0. The molecule has 8 nitrogen and oxygen atoms in total. The number of hydrogen-bond donors (Lipinski definition) is 1. The van der Waals surface area contributed by atoms with Crippen LogP contribution in [0.1, 0.15) is 187 Å². The van der Waals surface area contributed by atoms with E-state index in [1.807, 2.05) is 21.1 Å². The van der Waals surface area contributed by atoms with E-state index in [-0.39, 0.29) is 42.7 Å². The molecule has 2 unspecified atom stereocenters. The van der Waals surface area contributed by atoms with Crippen LogP contribution >= 0.6 is 0 Å². The number of nitrogens with zero attached hydrogens (tertiary/aromatic N) is 1. The fourth-order valence-electron chi connectivity index (χ4n) is 6.68. The zero-order chi connectivity index (χ0) is 44.2. The van der Waals surface area contributed by atoms with Crippen molar-refractivity contribution >= 4 is 17.9 Å². The Hall–Kier alpha value is -3.23. The van der Waals surface area contributed by atoms with E-state index < -0.39 is 18.1 Å². The number of rotatable bonds is 42. The number of allylic oxidation sites excluding steroid dienone is 12. The normalized spacial score (nSPS) is 13.6. The molecule has 0 radical (unpaired) electrons. The van der Waals surface area contributed by atoms with E-state index >= 15 is 0 Å². The lowest BCUT2D eigenvalue weighted by Crippen LogP contribution is -2.50. The molecule has 0 aromatic carbocycles. The van der Waals surface area contributed by atoms with Crippen molar-refractivity contribution in [3.63, 3.8) is 0 Å². The van der Waals surface area contributed by atoms with Gasteiger partial charge in [-0.1, -0.05) is 177 Å². The summed E-state index contributed by atoms with van der Waals surface area (Å²) in [5.74, 6) is -1.52. The van der Waals surface area contributed by atoms with E-state index in [1.54, 1.807) is 0 Å². The monoisotopic (exact) mass is 841 g/mol. The summed E-state index contributed by atoms with van der Waals surface area (Å²) in [5.41, 5.74) is 0. The minimum Gasteiger partial charge on any atom is -0.477 e. The van der Waals surface area contributed by atoms with Crippen LogP contribution in [0.5, 0.6) is 0 Å². The molecule has 0 fully saturated rings. The molecule has 0 amide bonds. The van der Waals surface area contributed by atoms with Gasteiger partial charge in [0.25, 0.3) is 0 Å².